The van der Waals surface area contributed by atoms with Crippen molar-refractivity contribution in [1.29, 1.82) is 0 Å². The first-order valence-corrected chi connectivity index (χ1v) is 5.65. The summed E-state index contributed by atoms with van der Waals surface area (Å²) in [6, 6.07) is 0. The molecule has 0 aliphatic carbocycles. The zero-order valence-electron chi connectivity index (χ0n) is 9.62. The zero-order chi connectivity index (χ0) is 12.7. The molecule has 0 spiro atoms. The summed E-state index contributed by atoms with van der Waals surface area (Å²) < 4.78 is 10.7. The average Bonchev–Trinajstić information content (AvgIpc) is 2.35. The van der Waals surface area contributed by atoms with Crippen LogP contribution in [0.15, 0.2) is 0 Å². The number of hydrogen-bond donors (Lipinski definition) is 2. The summed E-state index contributed by atoms with van der Waals surface area (Å²) in [6.07, 6.45) is 4.87. The molecule has 0 aromatic heterocycles. The first kappa shape index (κ1) is 14.1. The number of terminal acetylenes is 1. The molecular weight excluding hydrogens is 224 g/mol. The Morgan fingerprint density at radius 2 is 2.35 bits per heavy atom. The van der Waals surface area contributed by atoms with E-state index in [0.717, 1.165) is 0 Å². The SMILES string of the molecule is C#CCCCO[C@H]1CO[C@H](CO)[C@H](O)[C@@H]1C=O. The van der Waals surface area contributed by atoms with Crippen LogP contribution in [0.1, 0.15) is 12.8 Å². The Bertz CT molecular complexity index is 273. The third kappa shape index (κ3) is 3.79. The van der Waals surface area contributed by atoms with Crippen molar-refractivity contribution in [3.05, 3.63) is 0 Å². The highest BCUT2D eigenvalue weighted by atomic mass is 16.6. The molecule has 1 rings (SSSR count). The highest BCUT2D eigenvalue weighted by Gasteiger charge is 2.39. The lowest BCUT2D eigenvalue weighted by Crippen LogP contribution is -2.52. The molecule has 1 heterocycles. The van der Waals surface area contributed by atoms with Crippen LogP contribution in [0.4, 0.5) is 0 Å². The van der Waals surface area contributed by atoms with Gasteiger partial charge in [0.15, 0.2) is 0 Å². The van der Waals surface area contributed by atoms with Crippen LogP contribution in [0.25, 0.3) is 0 Å². The van der Waals surface area contributed by atoms with Crippen molar-refractivity contribution >= 4 is 6.29 Å². The molecule has 0 radical (unpaired) electrons. The molecule has 1 fully saturated rings. The molecule has 0 aromatic rings. The first-order valence-electron chi connectivity index (χ1n) is 5.65. The Morgan fingerprint density at radius 3 is 2.94 bits per heavy atom. The van der Waals surface area contributed by atoms with Gasteiger partial charge in [-0.2, -0.15) is 0 Å². The normalized spacial score (nSPS) is 33.0. The van der Waals surface area contributed by atoms with Gasteiger partial charge >= 0.3 is 0 Å². The topological polar surface area (TPSA) is 76.0 Å². The molecule has 5 heteroatoms. The Kier molecular flexibility index (Phi) is 6.16. The molecule has 1 aliphatic heterocycles. The predicted octanol–water partition coefficient (Wildman–Crippen LogP) is -0.648. The van der Waals surface area contributed by atoms with E-state index in [9.17, 15) is 9.90 Å². The van der Waals surface area contributed by atoms with E-state index in [0.29, 0.717) is 25.7 Å². The highest BCUT2D eigenvalue weighted by molar-refractivity contribution is 5.56. The molecule has 2 N–H and O–H groups in total. The van der Waals surface area contributed by atoms with Crippen LogP contribution in [-0.4, -0.2) is 54.6 Å². The maximum atomic E-state index is 10.9. The van der Waals surface area contributed by atoms with E-state index in [2.05, 4.69) is 5.92 Å². The fourth-order valence-corrected chi connectivity index (χ4v) is 1.79. The molecule has 0 aromatic carbocycles. The van der Waals surface area contributed by atoms with Crippen LogP contribution in [0.5, 0.6) is 0 Å². The molecule has 4 atom stereocenters. The molecule has 96 valence electrons. The van der Waals surface area contributed by atoms with Crippen molar-refractivity contribution in [3.8, 4) is 12.3 Å². The second-order valence-corrected chi connectivity index (χ2v) is 3.98. The number of aliphatic hydroxyl groups excluding tert-OH is 2. The molecule has 0 bridgehead atoms. The van der Waals surface area contributed by atoms with E-state index in [1.165, 1.54) is 0 Å². The second kappa shape index (κ2) is 7.41. The number of unbranched alkanes of at least 4 members (excludes halogenated alkanes) is 1. The van der Waals surface area contributed by atoms with Crippen LogP contribution in [-0.2, 0) is 14.3 Å². The van der Waals surface area contributed by atoms with E-state index in [-0.39, 0.29) is 13.2 Å². The minimum Gasteiger partial charge on any atom is -0.394 e. The summed E-state index contributed by atoms with van der Waals surface area (Å²) in [6.45, 7) is 0.316. The lowest BCUT2D eigenvalue weighted by atomic mass is 9.91. The number of ether oxygens (including phenoxy) is 2. The summed E-state index contributed by atoms with van der Waals surface area (Å²) in [4.78, 5) is 10.9. The largest absolute Gasteiger partial charge is 0.394 e. The van der Waals surface area contributed by atoms with Crippen molar-refractivity contribution in [2.45, 2.75) is 31.2 Å². The third-order valence-electron chi connectivity index (χ3n) is 2.81. The Hall–Kier alpha value is -0.930. The second-order valence-electron chi connectivity index (χ2n) is 3.98. The van der Waals surface area contributed by atoms with E-state index in [1.54, 1.807) is 0 Å². The number of aldehydes is 1. The van der Waals surface area contributed by atoms with Crippen LogP contribution < -0.4 is 0 Å². The van der Waals surface area contributed by atoms with E-state index in [1.807, 2.05) is 0 Å². The predicted molar refractivity (Wildman–Crippen MR) is 60.2 cm³/mol. The van der Waals surface area contributed by atoms with E-state index in [4.69, 9.17) is 21.0 Å². The number of aliphatic hydroxyl groups is 2. The standard InChI is InChI=1S/C12H18O5/c1-2-3-4-5-16-11-8-17-10(7-14)12(15)9(11)6-13/h1,6,9-12,14-15H,3-5,7-8H2/t9-,10-,11+,12-/m1/s1. The van der Waals surface area contributed by atoms with Crippen molar-refractivity contribution in [3.63, 3.8) is 0 Å². The summed E-state index contributed by atoms with van der Waals surface area (Å²) in [5.74, 6) is 1.83. The fraction of sp³-hybridized carbons (Fsp3) is 0.750. The van der Waals surface area contributed by atoms with E-state index < -0.39 is 24.2 Å². The van der Waals surface area contributed by atoms with Gasteiger partial charge in [-0.3, -0.25) is 0 Å². The van der Waals surface area contributed by atoms with Gasteiger partial charge in [0.1, 0.15) is 12.4 Å². The van der Waals surface area contributed by atoms with Gasteiger partial charge in [0, 0.05) is 13.0 Å². The van der Waals surface area contributed by atoms with Crippen LogP contribution >= 0.6 is 0 Å². The number of carbonyl (C=O) groups excluding carboxylic acids is 1. The summed E-state index contributed by atoms with van der Waals surface area (Å²) >= 11 is 0. The van der Waals surface area contributed by atoms with Gasteiger partial charge in [0.05, 0.1) is 31.3 Å². The molecule has 0 saturated carbocycles. The highest BCUT2D eigenvalue weighted by Crippen LogP contribution is 2.22. The number of carbonyl (C=O) groups is 1. The van der Waals surface area contributed by atoms with Crippen molar-refractivity contribution in [1.82, 2.24) is 0 Å². The Balaban J connectivity index is 2.44. The van der Waals surface area contributed by atoms with Gasteiger partial charge in [0.2, 0.25) is 0 Å². The fourth-order valence-electron chi connectivity index (χ4n) is 1.79. The summed E-state index contributed by atoms with van der Waals surface area (Å²) in [5.41, 5.74) is 0. The van der Waals surface area contributed by atoms with Crippen LogP contribution in [0.2, 0.25) is 0 Å². The van der Waals surface area contributed by atoms with Gasteiger partial charge in [-0.15, -0.1) is 12.3 Å². The monoisotopic (exact) mass is 242 g/mol. The summed E-state index contributed by atoms with van der Waals surface area (Å²) in [5, 5.41) is 18.7. The smallest absolute Gasteiger partial charge is 0.128 e. The van der Waals surface area contributed by atoms with Gasteiger partial charge < -0.3 is 24.5 Å². The lowest BCUT2D eigenvalue weighted by Gasteiger charge is -2.36. The number of hydrogen-bond acceptors (Lipinski definition) is 5. The van der Waals surface area contributed by atoms with Gasteiger partial charge in [-0.25, -0.2) is 0 Å². The van der Waals surface area contributed by atoms with Gasteiger partial charge in [-0.05, 0) is 6.42 Å². The third-order valence-corrected chi connectivity index (χ3v) is 2.81. The maximum Gasteiger partial charge on any atom is 0.128 e. The quantitative estimate of drug-likeness (QED) is 0.368. The van der Waals surface area contributed by atoms with Gasteiger partial charge in [0.25, 0.3) is 0 Å². The van der Waals surface area contributed by atoms with Crippen molar-refractivity contribution < 1.29 is 24.5 Å². The molecule has 0 unspecified atom stereocenters. The Labute approximate surface area is 101 Å². The summed E-state index contributed by atoms with van der Waals surface area (Å²) in [7, 11) is 0. The molecule has 5 nitrogen and oxygen atoms in total. The molecule has 0 amide bonds. The minimum absolute atomic E-state index is 0.196. The van der Waals surface area contributed by atoms with Gasteiger partial charge in [-0.1, -0.05) is 0 Å². The number of rotatable bonds is 6. The maximum absolute atomic E-state index is 10.9. The van der Waals surface area contributed by atoms with E-state index >= 15 is 0 Å². The molecular formula is C12H18O5. The zero-order valence-corrected chi connectivity index (χ0v) is 9.62. The molecule has 17 heavy (non-hydrogen) atoms. The van der Waals surface area contributed by atoms with Crippen molar-refractivity contribution in [2.75, 3.05) is 19.8 Å². The molecule has 1 saturated heterocycles. The van der Waals surface area contributed by atoms with Crippen LogP contribution in [0.3, 0.4) is 0 Å². The average molecular weight is 242 g/mol. The Morgan fingerprint density at radius 1 is 1.59 bits per heavy atom. The minimum atomic E-state index is -1.02. The van der Waals surface area contributed by atoms with Crippen LogP contribution in [0, 0.1) is 18.3 Å². The van der Waals surface area contributed by atoms with Crippen molar-refractivity contribution in [2.24, 2.45) is 5.92 Å². The molecule has 1 aliphatic rings. The first-order chi connectivity index (χ1) is 8.24. The lowest BCUT2D eigenvalue weighted by molar-refractivity contribution is -0.183.